The third-order valence-corrected chi connectivity index (χ3v) is 3.14. The number of carbonyl (C=O) groups excluding carboxylic acids is 1. The molecule has 2 aromatic carbocycles. The van der Waals surface area contributed by atoms with Gasteiger partial charge in [0, 0.05) is 27.9 Å². The van der Waals surface area contributed by atoms with Gasteiger partial charge in [-0.25, -0.2) is 0 Å². The fraction of sp³-hybridized carbons (Fsp3) is 0.0556. The van der Waals surface area contributed by atoms with Crippen molar-refractivity contribution in [1.82, 2.24) is 0 Å². The monoisotopic (exact) mass is 311 g/mol. The van der Waals surface area contributed by atoms with Crippen LogP contribution in [-0.4, -0.2) is 13.0 Å². The third-order valence-electron chi connectivity index (χ3n) is 2.90. The van der Waals surface area contributed by atoms with E-state index >= 15 is 0 Å². The summed E-state index contributed by atoms with van der Waals surface area (Å²) in [7, 11) is 1.56. The smallest absolute Gasteiger partial charge is 0.248 e. The molecule has 110 valence electrons. The molecule has 2 rings (SSSR count). The van der Waals surface area contributed by atoms with Crippen LogP contribution in [-0.2, 0) is 4.79 Å². The van der Waals surface area contributed by atoms with E-state index in [2.05, 4.69) is 11.2 Å². The zero-order valence-electron chi connectivity index (χ0n) is 12.0. The highest BCUT2D eigenvalue weighted by molar-refractivity contribution is 6.30. The lowest BCUT2D eigenvalue weighted by molar-refractivity contribution is -0.111. The fourth-order valence-corrected chi connectivity index (χ4v) is 2.05. The number of amides is 1. The first-order valence-corrected chi connectivity index (χ1v) is 6.89. The second kappa shape index (κ2) is 7.35. The Hall–Kier alpha value is -2.70. The Kier molecular flexibility index (Phi) is 5.24. The van der Waals surface area contributed by atoms with Crippen LogP contribution in [0.3, 0.4) is 0 Å². The summed E-state index contributed by atoms with van der Waals surface area (Å²) in [6.45, 7) is 0. The molecule has 0 saturated heterocycles. The molecule has 22 heavy (non-hydrogen) atoms. The van der Waals surface area contributed by atoms with Gasteiger partial charge in [-0.1, -0.05) is 23.6 Å². The summed E-state index contributed by atoms with van der Waals surface area (Å²) in [5, 5.41) is 3.32. The van der Waals surface area contributed by atoms with Crippen molar-refractivity contribution in [3.8, 4) is 18.1 Å². The average molecular weight is 312 g/mol. The highest BCUT2D eigenvalue weighted by Crippen LogP contribution is 2.23. The van der Waals surface area contributed by atoms with Gasteiger partial charge in [-0.15, -0.1) is 6.42 Å². The molecular formula is C18H14ClNO2. The first kappa shape index (κ1) is 15.7. The van der Waals surface area contributed by atoms with Crippen molar-refractivity contribution >= 4 is 29.3 Å². The summed E-state index contributed by atoms with van der Waals surface area (Å²) in [6, 6.07) is 12.3. The molecule has 0 spiro atoms. The summed E-state index contributed by atoms with van der Waals surface area (Å²) < 4.78 is 5.22. The van der Waals surface area contributed by atoms with Crippen molar-refractivity contribution in [2.45, 2.75) is 0 Å². The van der Waals surface area contributed by atoms with E-state index in [-0.39, 0.29) is 5.91 Å². The third kappa shape index (κ3) is 4.15. The van der Waals surface area contributed by atoms with Gasteiger partial charge in [0.15, 0.2) is 0 Å². The van der Waals surface area contributed by atoms with E-state index in [4.69, 9.17) is 22.8 Å². The van der Waals surface area contributed by atoms with Gasteiger partial charge in [0.1, 0.15) is 5.75 Å². The molecule has 0 aromatic heterocycles. The molecule has 0 fully saturated rings. The van der Waals surface area contributed by atoms with Crippen molar-refractivity contribution in [3.05, 3.63) is 64.7 Å². The molecule has 2 aromatic rings. The van der Waals surface area contributed by atoms with E-state index in [1.807, 2.05) is 0 Å². The van der Waals surface area contributed by atoms with Crippen LogP contribution in [0, 0.1) is 12.3 Å². The molecule has 3 nitrogen and oxygen atoms in total. The predicted molar refractivity (Wildman–Crippen MR) is 90.0 cm³/mol. The summed E-state index contributed by atoms with van der Waals surface area (Å²) in [4.78, 5) is 11.9. The van der Waals surface area contributed by atoms with Crippen molar-refractivity contribution in [3.63, 3.8) is 0 Å². The first-order valence-electron chi connectivity index (χ1n) is 6.51. The zero-order chi connectivity index (χ0) is 15.9. The fourth-order valence-electron chi connectivity index (χ4n) is 1.87. The molecule has 0 unspecified atom stereocenters. The second-order valence-electron chi connectivity index (χ2n) is 4.43. The highest BCUT2D eigenvalue weighted by atomic mass is 35.5. The molecule has 0 saturated carbocycles. The molecule has 0 aliphatic rings. The number of terminal acetylenes is 1. The molecule has 0 radical (unpaired) electrons. The molecule has 0 atom stereocenters. The van der Waals surface area contributed by atoms with Crippen LogP contribution < -0.4 is 10.1 Å². The Morgan fingerprint density at radius 1 is 1.32 bits per heavy atom. The maximum Gasteiger partial charge on any atom is 0.248 e. The maximum absolute atomic E-state index is 11.9. The van der Waals surface area contributed by atoms with E-state index < -0.39 is 0 Å². The number of hydrogen-bond donors (Lipinski definition) is 1. The van der Waals surface area contributed by atoms with Gasteiger partial charge in [-0.2, -0.15) is 0 Å². The number of ether oxygens (including phenoxy) is 1. The summed E-state index contributed by atoms with van der Waals surface area (Å²) in [5.74, 6) is 2.89. The number of carbonyl (C=O) groups is 1. The normalized spacial score (nSPS) is 10.2. The zero-order valence-corrected chi connectivity index (χ0v) is 12.7. The maximum atomic E-state index is 11.9. The molecular weight excluding hydrogens is 298 g/mol. The minimum absolute atomic E-state index is 0.267. The Labute approximate surface area is 134 Å². The Balaban J connectivity index is 2.11. The first-order chi connectivity index (χ1) is 10.6. The van der Waals surface area contributed by atoms with E-state index in [1.165, 1.54) is 6.08 Å². The van der Waals surface area contributed by atoms with Crippen molar-refractivity contribution in [1.29, 1.82) is 0 Å². The van der Waals surface area contributed by atoms with Gasteiger partial charge in [0.05, 0.1) is 7.11 Å². The Bertz CT molecular complexity index is 760. The lowest BCUT2D eigenvalue weighted by Gasteiger charge is -2.05. The van der Waals surface area contributed by atoms with Gasteiger partial charge in [0.2, 0.25) is 5.91 Å². The largest absolute Gasteiger partial charge is 0.496 e. The number of methoxy groups -OCH3 is 1. The molecule has 1 amide bonds. The summed E-state index contributed by atoms with van der Waals surface area (Å²) in [6.07, 6.45) is 8.38. The van der Waals surface area contributed by atoms with Crippen molar-refractivity contribution in [2.75, 3.05) is 12.4 Å². The summed E-state index contributed by atoms with van der Waals surface area (Å²) >= 11 is 5.94. The quantitative estimate of drug-likeness (QED) is 0.685. The van der Waals surface area contributed by atoms with Crippen LogP contribution in [0.1, 0.15) is 11.1 Å². The standard InChI is InChI=1S/C18H14ClNO2/c1-3-13-5-4-6-16(11-13)20-18(21)10-7-14-12-15(19)8-9-17(14)22-2/h1,4-12H,2H3,(H,20,21)/b10-7+. The van der Waals surface area contributed by atoms with Crippen LogP contribution in [0.2, 0.25) is 5.02 Å². The Morgan fingerprint density at radius 2 is 2.14 bits per heavy atom. The minimum Gasteiger partial charge on any atom is -0.496 e. The lowest BCUT2D eigenvalue weighted by atomic mass is 10.2. The minimum atomic E-state index is -0.267. The van der Waals surface area contributed by atoms with E-state index in [0.29, 0.717) is 22.0 Å². The summed E-state index contributed by atoms with van der Waals surface area (Å²) in [5.41, 5.74) is 2.07. The Morgan fingerprint density at radius 3 is 2.86 bits per heavy atom. The number of hydrogen-bond acceptors (Lipinski definition) is 2. The van der Waals surface area contributed by atoms with E-state index in [1.54, 1.807) is 55.7 Å². The van der Waals surface area contributed by atoms with Gasteiger partial charge < -0.3 is 10.1 Å². The molecule has 0 heterocycles. The van der Waals surface area contributed by atoms with Gasteiger partial charge >= 0.3 is 0 Å². The molecule has 0 aliphatic carbocycles. The van der Waals surface area contributed by atoms with Crippen molar-refractivity contribution in [2.24, 2.45) is 0 Å². The molecule has 4 heteroatoms. The number of halogens is 1. The predicted octanol–water partition coefficient (Wildman–Crippen LogP) is 3.98. The van der Waals surface area contributed by atoms with Gasteiger partial charge in [-0.3, -0.25) is 4.79 Å². The van der Waals surface area contributed by atoms with Gasteiger partial charge in [-0.05, 0) is 42.5 Å². The van der Waals surface area contributed by atoms with Crippen LogP contribution in [0.15, 0.2) is 48.5 Å². The topological polar surface area (TPSA) is 38.3 Å². The molecule has 0 aliphatic heterocycles. The number of rotatable bonds is 4. The molecule has 0 bridgehead atoms. The van der Waals surface area contributed by atoms with Crippen LogP contribution in [0.25, 0.3) is 6.08 Å². The van der Waals surface area contributed by atoms with Crippen molar-refractivity contribution < 1.29 is 9.53 Å². The van der Waals surface area contributed by atoms with Crippen LogP contribution in [0.5, 0.6) is 5.75 Å². The highest BCUT2D eigenvalue weighted by Gasteiger charge is 2.02. The van der Waals surface area contributed by atoms with Gasteiger partial charge in [0.25, 0.3) is 0 Å². The van der Waals surface area contributed by atoms with Crippen LogP contribution in [0.4, 0.5) is 5.69 Å². The number of nitrogens with one attached hydrogen (secondary N) is 1. The SMILES string of the molecule is C#Cc1cccc(NC(=O)/C=C/c2cc(Cl)ccc2OC)c1. The van der Waals surface area contributed by atoms with E-state index in [0.717, 1.165) is 5.56 Å². The second-order valence-corrected chi connectivity index (χ2v) is 4.87. The molecule has 1 N–H and O–H groups in total. The number of benzene rings is 2. The van der Waals surface area contributed by atoms with E-state index in [9.17, 15) is 4.79 Å². The lowest BCUT2D eigenvalue weighted by Crippen LogP contribution is -2.07. The average Bonchev–Trinajstić information content (AvgIpc) is 2.53. The van der Waals surface area contributed by atoms with Crippen LogP contribution >= 0.6 is 11.6 Å². The number of anilines is 1.